The van der Waals surface area contributed by atoms with Crippen molar-refractivity contribution in [3.8, 4) is 0 Å². The topological polar surface area (TPSA) is 95.2 Å². The number of carbonyl (C=O) groups excluding carboxylic acids is 1. The molecule has 0 bridgehead atoms. The van der Waals surface area contributed by atoms with Gasteiger partial charge in [-0.3, -0.25) is 5.10 Å². The van der Waals surface area contributed by atoms with Crippen LogP contribution in [-0.4, -0.2) is 54.1 Å². The van der Waals surface area contributed by atoms with Crippen molar-refractivity contribution in [3.63, 3.8) is 0 Å². The summed E-state index contributed by atoms with van der Waals surface area (Å²) < 4.78 is 22.6. The number of benzene rings is 1. The second-order valence-corrected chi connectivity index (χ2v) is 7.04. The molecule has 2 amide bonds. The Labute approximate surface area is 115 Å². The van der Waals surface area contributed by atoms with E-state index in [9.17, 15) is 13.2 Å². The molecule has 2 aromatic rings. The first kappa shape index (κ1) is 12.9. The predicted octanol–water partition coefficient (Wildman–Crippen LogP) is 0.825. The van der Waals surface area contributed by atoms with E-state index in [-0.39, 0.29) is 30.6 Å². The third-order valence-electron chi connectivity index (χ3n) is 3.32. The zero-order chi connectivity index (χ0) is 14.2. The van der Waals surface area contributed by atoms with Crippen molar-refractivity contribution in [2.45, 2.75) is 0 Å². The summed E-state index contributed by atoms with van der Waals surface area (Å²) >= 11 is 0. The van der Waals surface area contributed by atoms with Gasteiger partial charge in [0.05, 0.1) is 23.2 Å². The number of urea groups is 1. The molecule has 1 aromatic carbocycles. The van der Waals surface area contributed by atoms with E-state index in [0.29, 0.717) is 5.69 Å². The first-order valence-electron chi connectivity index (χ1n) is 6.23. The third kappa shape index (κ3) is 2.60. The largest absolute Gasteiger partial charge is 0.322 e. The van der Waals surface area contributed by atoms with Gasteiger partial charge in [-0.15, -0.1) is 0 Å². The molecular weight excluding hydrogens is 280 g/mol. The lowest BCUT2D eigenvalue weighted by Crippen LogP contribution is -2.45. The van der Waals surface area contributed by atoms with E-state index >= 15 is 0 Å². The molecule has 1 aliphatic heterocycles. The Morgan fingerprint density at radius 3 is 2.80 bits per heavy atom. The fraction of sp³-hybridized carbons (Fsp3) is 0.333. The number of carbonyl (C=O) groups is 1. The number of aromatic nitrogens is 2. The maximum Gasteiger partial charge on any atom is 0.321 e. The molecule has 1 fully saturated rings. The summed E-state index contributed by atoms with van der Waals surface area (Å²) in [5.41, 5.74) is 1.49. The average Bonchev–Trinajstić information content (AvgIpc) is 2.86. The Kier molecular flexibility index (Phi) is 3.09. The van der Waals surface area contributed by atoms with E-state index in [4.69, 9.17) is 0 Å². The molecule has 0 spiro atoms. The van der Waals surface area contributed by atoms with Gasteiger partial charge < -0.3 is 10.2 Å². The smallest absolute Gasteiger partial charge is 0.321 e. The van der Waals surface area contributed by atoms with Gasteiger partial charge in [0.25, 0.3) is 0 Å². The third-order valence-corrected chi connectivity index (χ3v) is 4.93. The van der Waals surface area contributed by atoms with E-state index < -0.39 is 9.84 Å². The molecule has 1 aromatic heterocycles. The molecular formula is C12H14N4O3S. The number of H-pyrrole nitrogens is 1. The van der Waals surface area contributed by atoms with E-state index in [0.717, 1.165) is 10.9 Å². The quantitative estimate of drug-likeness (QED) is 0.814. The Hall–Kier alpha value is -2.09. The van der Waals surface area contributed by atoms with Gasteiger partial charge in [-0.25, -0.2) is 13.2 Å². The van der Waals surface area contributed by atoms with Crippen molar-refractivity contribution in [2.75, 3.05) is 29.9 Å². The molecule has 0 saturated carbocycles. The fourth-order valence-corrected chi connectivity index (χ4v) is 3.33. The standard InChI is InChI=1S/C12H14N4O3S/c17-12(16-3-5-20(18,19)6-4-16)14-10-2-1-9-8-13-15-11(9)7-10/h1-2,7-8H,3-6H2,(H,13,15)(H,14,17). The summed E-state index contributed by atoms with van der Waals surface area (Å²) in [6.45, 7) is 0.473. The predicted molar refractivity (Wildman–Crippen MR) is 75.3 cm³/mol. The molecule has 8 heteroatoms. The Morgan fingerprint density at radius 1 is 1.30 bits per heavy atom. The molecule has 2 N–H and O–H groups in total. The normalized spacial score (nSPS) is 18.1. The van der Waals surface area contributed by atoms with Crippen molar-refractivity contribution in [3.05, 3.63) is 24.4 Å². The number of hydrogen-bond donors (Lipinski definition) is 2. The van der Waals surface area contributed by atoms with Crippen LogP contribution in [0.2, 0.25) is 0 Å². The molecule has 0 atom stereocenters. The van der Waals surface area contributed by atoms with Crippen LogP contribution in [0.4, 0.5) is 10.5 Å². The molecule has 3 rings (SSSR count). The van der Waals surface area contributed by atoms with Gasteiger partial charge in [0, 0.05) is 24.2 Å². The molecule has 0 unspecified atom stereocenters. The van der Waals surface area contributed by atoms with Gasteiger partial charge in [0.1, 0.15) is 0 Å². The summed E-state index contributed by atoms with van der Waals surface area (Å²) in [5.74, 6) is 0.0556. The van der Waals surface area contributed by atoms with Crippen molar-refractivity contribution in [1.29, 1.82) is 0 Å². The first-order chi connectivity index (χ1) is 9.53. The van der Waals surface area contributed by atoms with Crippen LogP contribution in [0.5, 0.6) is 0 Å². The van der Waals surface area contributed by atoms with Crippen LogP contribution in [0.15, 0.2) is 24.4 Å². The lowest BCUT2D eigenvalue weighted by atomic mass is 10.2. The van der Waals surface area contributed by atoms with Gasteiger partial charge in [0.15, 0.2) is 9.84 Å². The minimum absolute atomic E-state index is 0.0278. The molecule has 106 valence electrons. The zero-order valence-corrected chi connectivity index (χ0v) is 11.5. The van der Waals surface area contributed by atoms with E-state index in [1.807, 2.05) is 6.07 Å². The Balaban J connectivity index is 1.69. The van der Waals surface area contributed by atoms with E-state index in [1.165, 1.54) is 4.90 Å². The van der Waals surface area contributed by atoms with Crippen LogP contribution >= 0.6 is 0 Å². The highest BCUT2D eigenvalue weighted by atomic mass is 32.2. The molecule has 1 saturated heterocycles. The van der Waals surface area contributed by atoms with Crippen LogP contribution < -0.4 is 5.32 Å². The van der Waals surface area contributed by atoms with Gasteiger partial charge in [-0.2, -0.15) is 5.10 Å². The molecule has 20 heavy (non-hydrogen) atoms. The minimum Gasteiger partial charge on any atom is -0.322 e. The lowest BCUT2D eigenvalue weighted by Gasteiger charge is -2.26. The van der Waals surface area contributed by atoms with E-state index in [2.05, 4.69) is 15.5 Å². The Morgan fingerprint density at radius 2 is 2.05 bits per heavy atom. The summed E-state index contributed by atoms with van der Waals surface area (Å²) in [5, 5.41) is 10.5. The highest BCUT2D eigenvalue weighted by molar-refractivity contribution is 7.91. The molecule has 0 aliphatic carbocycles. The highest BCUT2D eigenvalue weighted by Crippen LogP contribution is 2.17. The number of amides is 2. The van der Waals surface area contributed by atoms with Crippen molar-refractivity contribution in [1.82, 2.24) is 15.1 Å². The molecule has 7 nitrogen and oxygen atoms in total. The second-order valence-electron chi connectivity index (χ2n) is 4.74. The van der Waals surface area contributed by atoms with Crippen LogP contribution in [0.1, 0.15) is 0 Å². The second kappa shape index (κ2) is 4.78. The van der Waals surface area contributed by atoms with Crippen LogP contribution in [0, 0.1) is 0 Å². The van der Waals surface area contributed by atoms with Crippen molar-refractivity contribution < 1.29 is 13.2 Å². The van der Waals surface area contributed by atoms with Crippen LogP contribution in [0.25, 0.3) is 10.9 Å². The first-order valence-corrected chi connectivity index (χ1v) is 8.05. The van der Waals surface area contributed by atoms with Crippen LogP contribution in [0.3, 0.4) is 0 Å². The van der Waals surface area contributed by atoms with Gasteiger partial charge in [-0.05, 0) is 18.2 Å². The summed E-state index contributed by atoms with van der Waals surface area (Å²) in [6, 6.07) is 5.16. The molecule has 2 heterocycles. The zero-order valence-electron chi connectivity index (χ0n) is 10.7. The maximum absolute atomic E-state index is 12.0. The SMILES string of the molecule is O=C(Nc1ccc2cn[nH]c2c1)N1CCS(=O)(=O)CC1. The van der Waals surface area contributed by atoms with Crippen molar-refractivity contribution in [2.24, 2.45) is 0 Å². The Bertz CT molecular complexity index is 739. The number of fused-ring (bicyclic) bond motifs is 1. The summed E-state index contributed by atoms with van der Waals surface area (Å²) in [7, 11) is -2.98. The summed E-state index contributed by atoms with van der Waals surface area (Å²) in [6.07, 6.45) is 1.70. The number of anilines is 1. The van der Waals surface area contributed by atoms with Gasteiger partial charge >= 0.3 is 6.03 Å². The average molecular weight is 294 g/mol. The molecule has 1 aliphatic rings. The monoisotopic (exact) mass is 294 g/mol. The highest BCUT2D eigenvalue weighted by Gasteiger charge is 2.24. The number of hydrogen-bond acceptors (Lipinski definition) is 4. The minimum atomic E-state index is -2.98. The van der Waals surface area contributed by atoms with Gasteiger partial charge in [-0.1, -0.05) is 0 Å². The number of aromatic amines is 1. The fourth-order valence-electron chi connectivity index (χ4n) is 2.13. The number of rotatable bonds is 1. The van der Waals surface area contributed by atoms with Gasteiger partial charge in [0.2, 0.25) is 0 Å². The number of sulfone groups is 1. The maximum atomic E-state index is 12.0. The van der Waals surface area contributed by atoms with Crippen LogP contribution in [-0.2, 0) is 9.84 Å². The number of nitrogens with one attached hydrogen (secondary N) is 2. The molecule has 0 radical (unpaired) electrons. The summed E-state index contributed by atoms with van der Waals surface area (Å²) in [4.78, 5) is 13.6. The van der Waals surface area contributed by atoms with Crippen molar-refractivity contribution >= 4 is 32.5 Å². The number of nitrogens with zero attached hydrogens (tertiary/aromatic N) is 2. The van der Waals surface area contributed by atoms with E-state index in [1.54, 1.807) is 18.3 Å². The lowest BCUT2D eigenvalue weighted by molar-refractivity contribution is 0.216.